The summed E-state index contributed by atoms with van der Waals surface area (Å²) in [5.41, 5.74) is 2.95. The van der Waals surface area contributed by atoms with Crippen LogP contribution in [0.3, 0.4) is 0 Å². The number of hydrogen-bond acceptors (Lipinski definition) is 2. The Labute approximate surface area is 124 Å². The van der Waals surface area contributed by atoms with Crippen LogP contribution in [0, 0.1) is 11.3 Å². The molecule has 1 unspecified atom stereocenters. The molecule has 0 saturated heterocycles. The molecule has 1 amide bonds. The summed E-state index contributed by atoms with van der Waals surface area (Å²) in [5.74, 6) is 0.0800. The highest BCUT2D eigenvalue weighted by molar-refractivity contribution is 6.07. The van der Waals surface area contributed by atoms with E-state index in [1.165, 1.54) is 0 Å². The minimum Gasteiger partial charge on any atom is -0.314 e. The zero-order valence-corrected chi connectivity index (χ0v) is 12.1. The van der Waals surface area contributed by atoms with Crippen molar-refractivity contribution in [3.63, 3.8) is 0 Å². The Morgan fingerprint density at radius 3 is 2.57 bits per heavy atom. The van der Waals surface area contributed by atoms with Crippen molar-refractivity contribution in [2.24, 2.45) is 0 Å². The molecule has 1 aliphatic rings. The predicted molar refractivity (Wildman–Crippen MR) is 82.1 cm³/mol. The number of carbonyl (C=O) groups is 1. The maximum atomic E-state index is 12.7. The third-order valence-electron chi connectivity index (χ3n) is 4.26. The van der Waals surface area contributed by atoms with E-state index < -0.39 is 5.41 Å². The van der Waals surface area contributed by atoms with Gasteiger partial charge < -0.3 is 4.90 Å². The molecule has 21 heavy (non-hydrogen) atoms. The van der Waals surface area contributed by atoms with Crippen molar-refractivity contribution in [1.82, 2.24) is 0 Å². The Morgan fingerprint density at radius 2 is 1.90 bits per heavy atom. The maximum Gasteiger partial charge on any atom is 0.237 e. The zero-order valence-electron chi connectivity index (χ0n) is 12.1. The number of nitrogens with zero attached hydrogens (tertiary/aromatic N) is 2. The molecule has 0 fully saturated rings. The smallest absolute Gasteiger partial charge is 0.237 e. The van der Waals surface area contributed by atoms with Gasteiger partial charge in [0.15, 0.2) is 0 Å². The van der Waals surface area contributed by atoms with Gasteiger partial charge in [0, 0.05) is 12.7 Å². The van der Waals surface area contributed by atoms with E-state index in [4.69, 9.17) is 5.26 Å². The second-order valence-electron chi connectivity index (χ2n) is 5.70. The summed E-state index contributed by atoms with van der Waals surface area (Å²) in [6.45, 7) is 1.96. The molecule has 2 aromatic rings. The molecule has 0 bridgehead atoms. The normalized spacial score (nSPS) is 20.2. The van der Waals surface area contributed by atoms with Gasteiger partial charge in [0.25, 0.3) is 0 Å². The zero-order chi connectivity index (χ0) is 15.0. The predicted octanol–water partition coefficient (Wildman–Crippen LogP) is 3.04. The van der Waals surface area contributed by atoms with Gasteiger partial charge in [0.2, 0.25) is 5.91 Å². The van der Waals surface area contributed by atoms with Gasteiger partial charge in [-0.2, -0.15) is 5.26 Å². The molecule has 1 aliphatic heterocycles. The number of hydrogen-bond donors (Lipinski definition) is 0. The van der Waals surface area contributed by atoms with Crippen molar-refractivity contribution < 1.29 is 4.79 Å². The van der Waals surface area contributed by atoms with Crippen molar-refractivity contribution in [3.05, 3.63) is 65.2 Å². The number of carbonyl (C=O) groups excluding carboxylic acids is 1. The lowest BCUT2D eigenvalue weighted by atomic mass is 9.78. The SMILES string of the molecule is CN1C(=O)C(C)(Cc2ccccc2)c2cc(C#N)ccc21. The third-order valence-corrected chi connectivity index (χ3v) is 4.26. The second-order valence-corrected chi connectivity index (χ2v) is 5.70. The summed E-state index contributed by atoms with van der Waals surface area (Å²) < 4.78 is 0. The van der Waals surface area contributed by atoms with Gasteiger partial charge in [-0.15, -0.1) is 0 Å². The monoisotopic (exact) mass is 276 g/mol. The molecule has 0 N–H and O–H groups in total. The molecule has 3 heteroatoms. The van der Waals surface area contributed by atoms with Crippen LogP contribution in [0.25, 0.3) is 0 Å². The lowest BCUT2D eigenvalue weighted by Gasteiger charge is -2.23. The summed E-state index contributed by atoms with van der Waals surface area (Å²) in [7, 11) is 1.80. The molecule has 0 radical (unpaired) electrons. The molecular formula is C18H16N2O. The number of fused-ring (bicyclic) bond motifs is 1. The Hall–Kier alpha value is -2.60. The van der Waals surface area contributed by atoms with E-state index in [0.29, 0.717) is 12.0 Å². The highest BCUT2D eigenvalue weighted by atomic mass is 16.2. The van der Waals surface area contributed by atoms with Gasteiger partial charge in [-0.1, -0.05) is 30.3 Å². The molecular weight excluding hydrogens is 260 g/mol. The van der Waals surface area contributed by atoms with E-state index in [1.807, 2.05) is 49.4 Å². The molecule has 1 atom stereocenters. The number of anilines is 1. The van der Waals surface area contributed by atoms with Crippen LogP contribution in [0.2, 0.25) is 0 Å². The number of benzene rings is 2. The minimum atomic E-state index is -0.613. The Morgan fingerprint density at radius 1 is 1.19 bits per heavy atom. The minimum absolute atomic E-state index is 0.0800. The quantitative estimate of drug-likeness (QED) is 0.846. The van der Waals surface area contributed by atoms with Crippen LogP contribution in [-0.2, 0) is 16.6 Å². The Kier molecular flexibility index (Phi) is 3.03. The lowest BCUT2D eigenvalue weighted by molar-refractivity contribution is -0.122. The second kappa shape index (κ2) is 4.75. The van der Waals surface area contributed by atoms with Gasteiger partial charge in [0.1, 0.15) is 0 Å². The van der Waals surface area contributed by atoms with Gasteiger partial charge in [-0.25, -0.2) is 0 Å². The van der Waals surface area contributed by atoms with E-state index in [1.54, 1.807) is 18.0 Å². The molecule has 1 heterocycles. The standard InChI is InChI=1S/C18H16N2O/c1-18(11-13-6-4-3-5-7-13)15-10-14(12-19)8-9-16(15)20(2)17(18)21/h3-10H,11H2,1-2H3. The molecule has 2 aromatic carbocycles. The van der Waals surface area contributed by atoms with Crippen LogP contribution in [0.1, 0.15) is 23.6 Å². The summed E-state index contributed by atoms with van der Waals surface area (Å²) in [4.78, 5) is 14.4. The van der Waals surface area contributed by atoms with Crippen LogP contribution in [-0.4, -0.2) is 13.0 Å². The fourth-order valence-corrected chi connectivity index (χ4v) is 3.11. The molecule has 3 nitrogen and oxygen atoms in total. The number of nitriles is 1. The summed E-state index contributed by atoms with van der Waals surface area (Å²) in [6.07, 6.45) is 0.638. The number of rotatable bonds is 2. The highest BCUT2D eigenvalue weighted by Gasteiger charge is 2.45. The van der Waals surface area contributed by atoms with Gasteiger partial charge in [-0.3, -0.25) is 4.79 Å². The van der Waals surface area contributed by atoms with Crippen molar-refractivity contribution in [2.45, 2.75) is 18.8 Å². The molecule has 0 aromatic heterocycles. The summed E-state index contributed by atoms with van der Waals surface area (Å²) in [6, 6.07) is 17.6. The fraction of sp³-hybridized carbons (Fsp3) is 0.222. The highest BCUT2D eigenvalue weighted by Crippen LogP contribution is 2.43. The average Bonchev–Trinajstić information content (AvgIpc) is 2.70. The van der Waals surface area contributed by atoms with E-state index >= 15 is 0 Å². The summed E-state index contributed by atoms with van der Waals surface area (Å²) in [5, 5.41) is 9.11. The van der Waals surface area contributed by atoms with Crippen molar-refractivity contribution in [1.29, 1.82) is 5.26 Å². The molecule has 0 aliphatic carbocycles. The fourth-order valence-electron chi connectivity index (χ4n) is 3.11. The van der Waals surface area contributed by atoms with Gasteiger partial charge in [0.05, 0.1) is 17.0 Å². The van der Waals surface area contributed by atoms with Crippen molar-refractivity contribution in [2.75, 3.05) is 11.9 Å². The lowest BCUT2D eigenvalue weighted by Crippen LogP contribution is -2.37. The van der Waals surface area contributed by atoms with Gasteiger partial charge in [-0.05, 0) is 42.7 Å². The number of likely N-dealkylation sites (N-methyl/N-ethyl adjacent to an activating group) is 1. The average molecular weight is 276 g/mol. The van der Waals surface area contributed by atoms with E-state index in [-0.39, 0.29) is 5.91 Å². The van der Waals surface area contributed by atoms with Gasteiger partial charge >= 0.3 is 0 Å². The van der Waals surface area contributed by atoms with Crippen LogP contribution in [0.5, 0.6) is 0 Å². The largest absolute Gasteiger partial charge is 0.314 e. The van der Waals surface area contributed by atoms with Crippen LogP contribution in [0.15, 0.2) is 48.5 Å². The van der Waals surface area contributed by atoms with E-state index in [9.17, 15) is 4.79 Å². The Balaban J connectivity index is 2.11. The molecule has 3 rings (SSSR count). The Bertz CT molecular complexity index is 746. The van der Waals surface area contributed by atoms with Crippen LogP contribution >= 0.6 is 0 Å². The molecule has 0 spiro atoms. The van der Waals surface area contributed by atoms with E-state index in [0.717, 1.165) is 16.8 Å². The first-order chi connectivity index (χ1) is 10.1. The first-order valence-corrected chi connectivity index (χ1v) is 6.93. The topological polar surface area (TPSA) is 44.1 Å². The van der Waals surface area contributed by atoms with Crippen molar-refractivity contribution in [3.8, 4) is 6.07 Å². The van der Waals surface area contributed by atoms with Crippen LogP contribution in [0.4, 0.5) is 5.69 Å². The molecule has 0 saturated carbocycles. The molecule has 104 valence electrons. The van der Waals surface area contributed by atoms with Crippen LogP contribution < -0.4 is 4.90 Å². The number of amides is 1. The summed E-state index contributed by atoms with van der Waals surface area (Å²) >= 11 is 0. The first kappa shape index (κ1) is 13.4. The maximum absolute atomic E-state index is 12.7. The third kappa shape index (κ3) is 2.00. The first-order valence-electron chi connectivity index (χ1n) is 6.93. The van der Waals surface area contributed by atoms with E-state index in [2.05, 4.69) is 6.07 Å². The van der Waals surface area contributed by atoms with Crippen molar-refractivity contribution >= 4 is 11.6 Å².